The summed E-state index contributed by atoms with van der Waals surface area (Å²) in [4.78, 5) is 2.45. The molecule has 0 saturated carbocycles. The molecule has 20 heavy (non-hydrogen) atoms. The van der Waals surface area contributed by atoms with Gasteiger partial charge in [-0.25, -0.2) is 0 Å². The highest BCUT2D eigenvalue weighted by molar-refractivity contribution is 5.26. The average molecular weight is 278 g/mol. The molecule has 0 atom stereocenters. The van der Waals surface area contributed by atoms with E-state index in [4.69, 9.17) is 15.2 Å². The van der Waals surface area contributed by atoms with Gasteiger partial charge in [0, 0.05) is 26.2 Å². The fraction of sp³-hybridized carbons (Fsp3) is 0.625. The first-order valence-electron chi connectivity index (χ1n) is 7.37. The van der Waals surface area contributed by atoms with E-state index in [1.807, 2.05) is 24.3 Å². The molecule has 1 heterocycles. The second kappa shape index (κ2) is 7.07. The molecule has 0 radical (unpaired) electrons. The number of morpholine rings is 1. The highest BCUT2D eigenvalue weighted by Crippen LogP contribution is 2.16. The summed E-state index contributed by atoms with van der Waals surface area (Å²) in [6.45, 7) is 9.53. The Morgan fingerprint density at radius 1 is 1.30 bits per heavy atom. The van der Waals surface area contributed by atoms with Crippen molar-refractivity contribution in [3.05, 3.63) is 29.8 Å². The van der Waals surface area contributed by atoms with Crippen molar-refractivity contribution in [2.24, 2.45) is 5.73 Å². The molecule has 0 aliphatic carbocycles. The smallest absolute Gasteiger partial charge is 0.119 e. The lowest BCUT2D eigenvalue weighted by atomic mass is 10.1. The monoisotopic (exact) mass is 278 g/mol. The van der Waals surface area contributed by atoms with Crippen molar-refractivity contribution in [1.29, 1.82) is 0 Å². The highest BCUT2D eigenvalue weighted by atomic mass is 16.5. The molecule has 2 rings (SSSR count). The van der Waals surface area contributed by atoms with E-state index in [2.05, 4.69) is 18.7 Å². The van der Waals surface area contributed by atoms with Gasteiger partial charge in [-0.15, -0.1) is 0 Å². The Morgan fingerprint density at radius 3 is 2.70 bits per heavy atom. The lowest BCUT2D eigenvalue weighted by Gasteiger charge is -2.38. The minimum atomic E-state index is -0.0167. The van der Waals surface area contributed by atoms with E-state index in [1.165, 1.54) is 0 Å². The molecule has 0 bridgehead atoms. The lowest BCUT2D eigenvalue weighted by molar-refractivity contribution is -0.0864. The van der Waals surface area contributed by atoms with Crippen LogP contribution in [0.3, 0.4) is 0 Å². The zero-order chi connectivity index (χ0) is 14.4. The maximum atomic E-state index is 5.75. The first-order valence-corrected chi connectivity index (χ1v) is 7.37. The van der Waals surface area contributed by atoms with E-state index in [1.54, 1.807) is 0 Å². The lowest BCUT2D eigenvalue weighted by Crippen LogP contribution is -2.48. The molecule has 0 aromatic heterocycles. The molecular weight excluding hydrogens is 252 g/mol. The second-order valence-corrected chi connectivity index (χ2v) is 5.93. The summed E-state index contributed by atoms with van der Waals surface area (Å²) in [5.74, 6) is 0.921. The van der Waals surface area contributed by atoms with Gasteiger partial charge in [-0.1, -0.05) is 12.1 Å². The normalized spacial score (nSPS) is 18.9. The van der Waals surface area contributed by atoms with Crippen LogP contribution in [0, 0.1) is 0 Å². The molecule has 0 amide bonds. The molecule has 0 unspecified atom stereocenters. The molecule has 1 aliphatic heterocycles. The van der Waals surface area contributed by atoms with E-state index >= 15 is 0 Å². The molecule has 112 valence electrons. The van der Waals surface area contributed by atoms with Crippen molar-refractivity contribution >= 4 is 0 Å². The number of nitrogens with zero attached hydrogens (tertiary/aromatic N) is 1. The van der Waals surface area contributed by atoms with Crippen LogP contribution in [-0.2, 0) is 11.3 Å². The van der Waals surface area contributed by atoms with Crippen LogP contribution in [0.2, 0.25) is 0 Å². The number of hydrogen-bond donors (Lipinski definition) is 1. The number of ether oxygens (including phenoxy) is 2. The Hall–Kier alpha value is -1.10. The summed E-state index contributed by atoms with van der Waals surface area (Å²) in [6.07, 6.45) is 1.04. The van der Waals surface area contributed by atoms with Gasteiger partial charge in [0.05, 0.1) is 18.8 Å². The van der Waals surface area contributed by atoms with Crippen molar-refractivity contribution in [3.63, 3.8) is 0 Å². The number of hydrogen-bond acceptors (Lipinski definition) is 4. The zero-order valence-electron chi connectivity index (χ0n) is 12.6. The molecule has 1 fully saturated rings. The van der Waals surface area contributed by atoms with Crippen LogP contribution in [0.4, 0.5) is 0 Å². The molecule has 1 saturated heterocycles. The van der Waals surface area contributed by atoms with Gasteiger partial charge in [-0.3, -0.25) is 4.90 Å². The Bertz CT molecular complexity index is 403. The molecule has 0 spiro atoms. The van der Waals surface area contributed by atoms with Gasteiger partial charge in [0.1, 0.15) is 5.75 Å². The van der Waals surface area contributed by atoms with Crippen LogP contribution in [-0.4, -0.2) is 43.3 Å². The van der Waals surface area contributed by atoms with Crippen LogP contribution in [0.25, 0.3) is 0 Å². The van der Waals surface area contributed by atoms with Crippen LogP contribution in [0.15, 0.2) is 24.3 Å². The van der Waals surface area contributed by atoms with Crippen LogP contribution < -0.4 is 10.5 Å². The van der Waals surface area contributed by atoms with Crippen LogP contribution in [0.5, 0.6) is 5.75 Å². The third kappa shape index (κ3) is 4.78. The van der Waals surface area contributed by atoms with Crippen LogP contribution in [0.1, 0.15) is 25.8 Å². The van der Waals surface area contributed by atoms with Gasteiger partial charge in [-0.05, 0) is 38.0 Å². The number of benzene rings is 1. The predicted molar refractivity (Wildman–Crippen MR) is 80.9 cm³/mol. The first kappa shape index (κ1) is 15.3. The van der Waals surface area contributed by atoms with E-state index < -0.39 is 0 Å². The van der Waals surface area contributed by atoms with Crippen LogP contribution >= 0.6 is 0 Å². The van der Waals surface area contributed by atoms with Crippen molar-refractivity contribution in [3.8, 4) is 5.75 Å². The topological polar surface area (TPSA) is 47.7 Å². The molecule has 1 aromatic rings. The Labute approximate surface area is 121 Å². The van der Waals surface area contributed by atoms with Crippen molar-refractivity contribution in [2.45, 2.75) is 32.4 Å². The molecular formula is C16H26N2O2. The second-order valence-electron chi connectivity index (χ2n) is 5.93. The van der Waals surface area contributed by atoms with E-state index in [0.29, 0.717) is 6.54 Å². The zero-order valence-corrected chi connectivity index (χ0v) is 12.6. The summed E-state index contributed by atoms with van der Waals surface area (Å²) in [5.41, 5.74) is 6.69. The van der Waals surface area contributed by atoms with Crippen molar-refractivity contribution < 1.29 is 9.47 Å². The summed E-state index contributed by atoms with van der Waals surface area (Å²) in [6, 6.07) is 8.00. The van der Waals surface area contributed by atoms with Crippen molar-refractivity contribution in [2.75, 3.05) is 32.8 Å². The third-order valence-electron chi connectivity index (χ3n) is 3.55. The molecule has 4 heteroatoms. The maximum Gasteiger partial charge on any atom is 0.119 e. The molecule has 1 aromatic carbocycles. The largest absolute Gasteiger partial charge is 0.494 e. The highest BCUT2D eigenvalue weighted by Gasteiger charge is 2.26. The van der Waals surface area contributed by atoms with Gasteiger partial charge < -0.3 is 15.2 Å². The predicted octanol–water partition coefficient (Wildman–Crippen LogP) is 2.02. The fourth-order valence-electron chi connectivity index (χ4n) is 2.51. The Morgan fingerprint density at radius 2 is 2.05 bits per heavy atom. The molecule has 4 nitrogen and oxygen atoms in total. The quantitative estimate of drug-likeness (QED) is 0.809. The average Bonchev–Trinajstić information content (AvgIpc) is 2.43. The van der Waals surface area contributed by atoms with E-state index in [9.17, 15) is 0 Å². The first-order chi connectivity index (χ1) is 9.59. The van der Waals surface area contributed by atoms with E-state index in [-0.39, 0.29) is 5.60 Å². The fourth-order valence-corrected chi connectivity index (χ4v) is 2.51. The SMILES string of the molecule is CC1(C)CN(CCCOc2ccc(CN)cc2)CCO1. The summed E-state index contributed by atoms with van der Waals surface area (Å²) >= 11 is 0. The maximum absolute atomic E-state index is 5.75. The van der Waals surface area contributed by atoms with E-state index in [0.717, 1.165) is 50.6 Å². The van der Waals surface area contributed by atoms with Gasteiger partial charge in [-0.2, -0.15) is 0 Å². The van der Waals surface area contributed by atoms with Gasteiger partial charge in [0.2, 0.25) is 0 Å². The standard InChI is InChI=1S/C16H26N2O2/c1-16(2)13-18(9-11-20-16)8-3-10-19-15-6-4-14(12-17)5-7-15/h4-7H,3,8-13,17H2,1-2H3. The summed E-state index contributed by atoms with van der Waals surface area (Å²) in [5, 5.41) is 0. The Kier molecular flexibility index (Phi) is 5.40. The Balaban J connectivity index is 1.65. The van der Waals surface area contributed by atoms with Gasteiger partial charge in [0.15, 0.2) is 0 Å². The summed E-state index contributed by atoms with van der Waals surface area (Å²) in [7, 11) is 0. The minimum absolute atomic E-state index is 0.0167. The van der Waals surface area contributed by atoms with Gasteiger partial charge in [0.25, 0.3) is 0 Å². The molecule has 2 N–H and O–H groups in total. The number of nitrogens with two attached hydrogens (primary N) is 1. The molecule has 1 aliphatic rings. The summed E-state index contributed by atoms with van der Waals surface area (Å²) < 4.78 is 11.5. The van der Waals surface area contributed by atoms with Gasteiger partial charge >= 0.3 is 0 Å². The third-order valence-corrected chi connectivity index (χ3v) is 3.55. The number of rotatable bonds is 6. The minimum Gasteiger partial charge on any atom is -0.494 e. The van der Waals surface area contributed by atoms with Crippen molar-refractivity contribution in [1.82, 2.24) is 4.90 Å².